The summed E-state index contributed by atoms with van der Waals surface area (Å²) in [6.07, 6.45) is 1.65. The Morgan fingerprint density at radius 3 is 2.66 bits per heavy atom. The summed E-state index contributed by atoms with van der Waals surface area (Å²) in [5.41, 5.74) is 8.04. The van der Waals surface area contributed by atoms with Crippen molar-refractivity contribution in [2.75, 3.05) is 12.3 Å². The van der Waals surface area contributed by atoms with Crippen LogP contribution in [0.3, 0.4) is 0 Å². The summed E-state index contributed by atoms with van der Waals surface area (Å²) in [5.74, 6) is 1.28. The molecule has 1 amide bonds. The first-order chi connectivity index (χ1) is 13.6. The molecule has 3 aromatic rings. The summed E-state index contributed by atoms with van der Waals surface area (Å²) >= 11 is 3.48. The molecular weight excluding hydrogens is 434 g/mol. The number of nitrogens with two attached hydrogens (primary N) is 1. The van der Waals surface area contributed by atoms with Crippen molar-refractivity contribution in [1.29, 1.82) is 0 Å². The molecule has 0 aliphatic rings. The molecule has 2 aromatic heterocycles. The largest absolute Gasteiger partial charge is 0.530 e. The molecule has 0 atom stereocenters. The van der Waals surface area contributed by atoms with E-state index in [1.165, 1.54) is 4.90 Å². The second-order valence-electron chi connectivity index (χ2n) is 8.23. The van der Waals surface area contributed by atoms with Crippen molar-refractivity contribution in [3.8, 4) is 0 Å². The number of aromatic nitrogens is 3. The minimum Gasteiger partial charge on any atom is -0.530 e. The number of carbonyl (C=O) groups excluding carboxylic acids is 1. The number of imidazole rings is 1. The maximum Gasteiger partial charge on any atom is 0.152 e. The molecule has 8 heteroatoms. The molecule has 0 unspecified atom stereocenters. The number of benzene rings is 1. The minimum absolute atomic E-state index is 0.302. The van der Waals surface area contributed by atoms with E-state index in [1.807, 2.05) is 39.0 Å². The Hall–Kier alpha value is -2.35. The summed E-state index contributed by atoms with van der Waals surface area (Å²) in [7, 11) is 0. The third-order valence-corrected chi connectivity index (χ3v) is 5.57. The van der Waals surface area contributed by atoms with E-state index in [2.05, 4.69) is 32.4 Å². The number of nitrogen functional groups attached to an aromatic ring is 1. The molecule has 0 fully saturated rings. The van der Waals surface area contributed by atoms with Crippen molar-refractivity contribution < 1.29 is 9.90 Å². The van der Waals surface area contributed by atoms with Crippen LogP contribution in [0.25, 0.3) is 21.9 Å². The molecule has 2 heterocycles. The fraction of sp³-hybridized carbons (Fsp3) is 0.476. The van der Waals surface area contributed by atoms with Gasteiger partial charge in [-0.15, -0.1) is 0 Å². The van der Waals surface area contributed by atoms with E-state index in [0.717, 1.165) is 46.0 Å². The number of anilines is 1. The van der Waals surface area contributed by atoms with E-state index >= 15 is 0 Å². The molecule has 0 radical (unpaired) electrons. The molecule has 1 aromatic carbocycles. The van der Waals surface area contributed by atoms with Gasteiger partial charge in [0.1, 0.15) is 17.4 Å². The molecule has 0 bridgehead atoms. The Morgan fingerprint density at radius 1 is 1.31 bits per heavy atom. The molecule has 3 rings (SSSR count). The Morgan fingerprint density at radius 2 is 2.03 bits per heavy atom. The summed E-state index contributed by atoms with van der Waals surface area (Å²) in [4.78, 5) is 22.3. The van der Waals surface area contributed by atoms with Crippen LogP contribution < -0.4 is 10.8 Å². The van der Waals surface area contributed by atoms with E-state index in [4.69, 9.17) is 10.7 Å². The topological polar surface area (TPSA) is 100 Å². The summed E-state index contributed by atoms with van der Waals surface area (Å²) in [6, 6.07) is 5.89. The number of halogens is 1. The smallest absolute Gasteiger partial charge is 0.152 e. The van der Waals surface area contributed by atoms with E-state index in [-0.39, 0.29) is 0 Å². The van der Waals surface area contributed by atoms with Gasteiger partial charge in [0.2, 0.25) is 0 Å². The standard InChI is InChI=1S/C21H28BrN5O2/c1-5-6-7-16-25-17-18(14-9-8-13(22)12-15(14)24-19(17)23)26(16)10-11-27(20(28)29)21(2,3)4/h8-9,12H,5-7,10-11H2,1-4H3,(H2,23,24)(H,28,29)/p-1. The first-order valence-electron chi connectivity index (χ1n) is 9.86. The predicted octanol–water partition coefficient (Wildman–Crippen LogP) is 3.72. The third-order valence-electron chi connectivity index (χ3n) is 5.08. The van der Waals surface area contributed by atoms with Crippen molar-refractivity contribution in [2.45, 2.75) is 59.0 Å². The molecule has 29 heavy (non-hydrogen) atoms. The van der Waals surface area contributed by atoms with E-state index in [9.17, 15) is 9.90 Å². The molecule has 0 saturated heterocycles. The number of carbonyl (C=O) groups is 1. The number of rotatable bonds is 6. The van der Waals surface area contributed by atoms with Gasteiger partial charge >= 0.3 is 0 Å². The van der Waals surface area contributed by atoms with Gasteiger partial charge in [0, 0.05) is 34.9 Å². The zero-order chi connectivity index (χ0) is 21.3. The molecule has 7 nitrogen and oxygen atoms in total. The number of amides is 1. The molecule has 0 saturated carbocycles. The lowest BCUT2D eigenvalue weighted by atomic mass is 10.1. The third kappa shape index (κ3) is 4.32. The van der Waals surface area contributed by atoms with Crippen LogP contribution in [0.4, 0.5) is 10.6 Å². The lowest BCUT2D eigenvalue weighted by Crippen LogP contribution is -2.52. The highest BCUT2D eigenvalue weighted by molar-refractivity contribution is 9.10. The van der Waals surface area contributed by atoms with Crippen molar-refractivity contribution in [2.24, 2.45) is 0 Å². The minimum atomic E-state index is -1.17. The number of hydrogen-bond acceptors (Lipinski definition) is 5. The fourth-order valence-electron chi connectivity index (χ4n) is 3.60. The Balaban J connectivity index is 2.16. The normalized spacial score (nSPS) is 12.0. The van der Waals surface area contributed by atoms with Crippen LogP contribution in [0, 0.1) is 0 Å². The first-order valence-corrected chi connectivity index (χ1v) is 10.6. The number of carboxylic acid groups (broad SMARTS) is 1. The van der Waals surface area contributed by atoms with Gasteiger partial charge in [-0.05, 0) is 45.4 Å². The van der Waals surface area contributed by atoms with E-state index in [0.29, 0.717) is 24.4 Å². The van der Waals surface area contributed by atoms with Gasteiger partial charge in [-0.1, -0.05) is 29.3 Å². The zero-order valence-corrected chi connectivity index (χ0v) is 18.9. The van der Waals surface area contributed by atoms with Crippen LogP contribution in [0.1, 0.15) is 46.4 Å². The van der Waals surface area contributed by atoms with Gasteiger partial charge in [0.25, 0.3) is 0 Å². The average molecular weight is 461 g/mol. The van der Waals surface area contributed by atoms with Crippen LogP contribution >= 0.6 is 15.9 Å². The average Bonchev–Trinajstić information content (AvgIpc) is 2.98. The van der Waals surface area contributed by atoms with Crippen LogP contribution in [-0.4, -0.2) is 37.6 Å². The zero-order valence-electron chi connectivity index (χ0n) is 17.3. The van der Waals surface area contributed by atoms with Crippen LogP contribution in [0.15, 0.2) is 22.7 Å². The lowest BCUT2D eigenvalue weighted by molar-refractivity contribution is -0.270. The predicted molar refractivity (Wildman–Crippen MR) is 118 cm³/mol. The van der Waals surface area contributed by atoms with E-state index in [1.54, 1.807) is 0 Å². The Labute approximate surface area is 179 Å². The lowest BCUT2D eigenvalue weighted by Gasteiger charge is -2.38. The fourth-order valence-corrected chi connectivity index (χ4v) is 3.95. The highest BCUT2D eigenvalue weighted by Crippen LogP contribution is 2.31. The number of fused-ring (bicyclic) bond motifs is 3. The summed E-state index contributed by atoms with van der Waals surface area (Å²) < 4.78 is 3.02. The molecule has 2 N–H and O–H groups in total. The molecule has 0 aliphatic heterocycles. The monoisotopic (exact) mass is 460 g/mol. The summed E-state index contributed by atoms with van der Waals surface area (Å²) in [5, 5.41) is 12.6. The number of aryl methyl sites for hydroxylation is 1. The first kappa shape index (κ1) is 21.4. The molecule has 156 valence electrons. The van der Waals surface area contributed by atoms with Crippen molar-refractivity contribution >= 4 is 49.8 Å². The van der Waals surface area contributed by atoms with Crippen molar-refractivity contribution in [3.05, 3.63) is 28.5 Å². The Bertz CT molecular complexity index is 1050. The number of nitrogens with zero attached hydrogens (tertiary/aromatic N) is 4. The van der Waals surface area contributed by atoms with Crippen LogP contribution in [-0.2, 0) is 13.0 Å². The van der Waals surface area contributed by atoms with Crippen LogP contribution in [0.5, 0.6) is 0 Å². The number of hydrogen-bond donors (Lipinski definition) is 1. The Kier molecular flexibility index (Phi) is 6.03. The van der Waals surface area contributed by atoms with Crippen molar-refractivity contribution in [1.82, 2.24) is 19.4 Å². The molecule has 0 aliphatic carbocycles. The highest BCUT2D eigenvalue weighted by atomic mass is 79.9. The van der Waals surface area contributed by atoms with Gasteiger partial charge in [0.05, 0.1) is 11.0 Å². The second-order valence-corrected chi connectivity index (χ2v) is 9.14. The maximum atomic E-state index is 11.7. The van der Waals surface area contributed by atoms with Gasteiger partial charge in [-0.3, -0.25) is 0 Å². The molecular formula is C21H27BrN5O2-. The van der Waals surface area contributed by atoms with Gasteiger partial charge < -0.3 is 25.1 Å². The highest BCUT2D eigenvalue weighted by Gasteiger charge is 2.23. The summed E-state index contributed by atoms with van der Waals surface area (Å²) in [6.45, 7) is 8.49. The number of unbranched alkanes of at least 4 members (excludes halogenated alkanes) is 1. The van der Waals surface area contributed by atoms with Gasteiger partial charge in [0.15, 0.2) is 5.82 Å². The molecule has 0 spiro atoms. The van der Waals surface area contributed by atoms with Gasteiger partial charge in [-0.25, -0.2) is 9.97 Å². The van der Waals surface area contributed by atoms with Crippen LogP contribution in [0.2, 0.25) is 0 Å². The van der Waals surface area contributed by atoms with Gasteiger partial charge in [-0.2, -0.15) is 0 Å². The van der Waals surface area contributed by atoms with Crippen molar-refractivity contribution in [3.63, 3.8) is 0 Å². The maximum absolute atomic E-state index is 11.7. The quantitative estimate of drug-likeness (QED) is 0.603. The SMILES string of the molecule is CCCCc1nc2c(N)nc3cc(Br)ccc3c2n1CCN(C(=O)[O-])C(C)(C)C. The second kappa shape index (κ2) is 8.18. The number of pyridine rings is 1. The van der Waals surface area contributed by atoms with E-state index < -0.39 is 11.6 Å².